The summed E-state index contributed by atoms with van der Waals surface area (Å²) >= 11 is 0. The molecule has 7 heteroatoms. The Kier molecular flexibility index (Phi) is 6.51. The van der Waals surface area contributed by atoms with Gasteiger partial charge < -0.3 is 9.73 Å². The van der Waals surface area contributed by atoms with Crippen LogP contribution in [0, 0.1) is 13.8 Å². The molecule has 0 saturated carbocycles. The SMILES string of the molecule is Cc1ccc(CNC(=O)CN(Cc2ccco2)S(=O)(=O)c2ccc(C)cc2)cc1. The average Bonchev–Trinajstić information content (AvgIpc) is 3.20. The molecule has 3 rings (SSSR count). The molecule has 6 nitrogen and oxygen atoms in total. The van der Waals surface area contributed by atoms with Crippen molar-refractivity contribution in [3.63, 3.8) is 0 Å². The molecule has 0 unspecified atom stereocenters. The Labute approximate surface area is 171 Å². The molecule has 3 aromatic rings. The topological polar surface area (TPSA) is 79.6 Å². The van der Waals surface area contributed by atoms with E-state index in [-0.39, 0.29) is 23.9 Å². The van der Waals surface area contributed by atoms with Gasteiger partial charge in [0.15, 0.2) is 0 Å². The van der Waals surface area contributed by atoms with Crippen LogP contribution in [0.5, 0.6) is 0 Å². The highest BCUT2D eigenvalue weighted by atomic mass is 32.2. The van der Waals surface area contributed by atoms with Gasteiger partial charge >= 0.3 is 0 Å². The number of nitrogens with one attached hydrogen (secondary N) is 1. The van der Waals surface area contributed by atoms with Crippen molar-refractivity contribution in [2.24, 2.45) is 0 Å². The summed E-state index contributed by atoms with van der Waals surface area (Å²) < 4.78 is 32.7. The van der Waals surface area contributed by atoms with Crippen molar-refractivity contribution in [1.82, 2.24) is 9.62 Å². The molecule has 1 aromatic heterocycles. The molecule has 29 heavy (non-hydrogen) atoms. The summed E-state index contributed by atoms with van der Waals surface area (Å²) in [6.45, 7) is 3.88. The monoisotopic (exact) mass is 412 g/mol. The number of rotatable bonds is 8. The normalized spacial score (nSPS) is 11.6. The molecule has 0 aliphatic carbocycles. The second-order valence-electron chi connectivity index (χ2n) is 6.93. The Bertz CT molecular complexity index is 1040. The summed E-state index contributed by atoms with van der Waals surface area (Å²) in [7, 11) is -3.87. The first-order valence-electron chi connectivity index (χ1n) is 9.26. The lowest BCUT2D eigenvalue weighted by Gasteiger charge is -2.21. The third-order valence-electron chi connectivity index (χ3n) is 4.50. The van der Waals surface area contributed by atoms with Crippen LogP contribution in [-0.2, 0) is 27.9 Å². The predicted octanol–water partition coefficient (Wildman–Crippen LogP) is 3.40. The molecule has 0 radical (unpaired) electrons. The maximum Gasteiger partial charge on any atom is 0.243 e. The average molecular weight is 413 g/mol. The molecule has 1 amide bonds. The van der Waals surface area contributed by atoms with Crippen LogP contribution in [0.4, 0.5) is 0 Å². The van der Waals surface area contributed by atoms with E-state index in [0.29, 0.717) is 12.3 Å². The Morgan fingerprint density at radius 1 is 0.966 bits per heavy atom. The fourth-order valence-electron chi connectivity index (χ4n) is 2.78. The lowest BCUT2D eigenvalue weighted by Crippen LogP contribution is -2.40. The van der Waals surface area contributed by atoms with Crippen molar-refractivity contribution in [2.75, 3.05) is 6.54 Å². The predicted molar refractivity (Wildman–Crippen MR) is 111 cm³/mol. The van der Waals surface area contributed by atoms with Crippen LogP contribution in [-0.4, -0.2) is 25.2 Å². The van der Waals surface area contributed by atoms with Gasteiger partial charge in [-0.1, -0.05) is 47.5 Å². The van der Waals surface area contributed by atoms with Gasteiger partial charge in [0.2, 0.25) is 15.9 Å². The largest absolute Gasteiger partial charge is 0.468 e. The van der Waals surface area contributed by atoms with Crippen molar-refractivity contribution in [1.29, 1.82) is 0 Å². The molecule has 2 aromatic carbocycles. The Morgan fingerprint density at radius 3 is 2.17 bits per heavy atom. The highest BCUT2D eigenvalue weighted by molar-refractivity contribution is 7.89. The maximum atomic E-state index is 13.1. The van der Waals surface area contributed by atoms with E-state index in [4.69, 9.17) is 4.42 Å². The minimum atomic E-state index is -3.87. The number of aryl methyl sites for hydroxylation is 2. The van der Waals surface area contributed by atoms with E-state index in [1.165, 1.54) is 6.26 Å². The number of carbonyl (C=O) groups is 1. The number of benzene rings is 2. The fourth-order valence-corrected chi connectivity index (χ4v) is 4.15. The van der Waals surface area contributed by atoms with E-state index in [0.717, 1.165) is 21.0 Å². The zero-order chi connectivity index (χ0) is 20.9. The smallest absolute Gasteiger partial charge is 0.243 e. The molecule has 0 fully saturated rings. The fraction of sp³-hybridized carbons (Fsp3) is 0.227. The third-order valence-corrected chi connectivity index (χ3v) is 6.31. The maximum absolute atomic E-state index is 13.1. The zero-order valence-corrected chi connectivity index (χ0v) is 17.3. The van der Waals surface area contributed by atoms with Gasteiger partial charge in [-0.25, -0.2) is 8.42 Å². The first-order chi connectivity index (χ1) is 13.8. The van der Waals surface area contributed by atoms with Crippen LogP contribution in [0.15, 0.2) is 76.2 Å². The van der Waals surface area contributed by atoms with Crippen molar-refractivity contribution >= 4 is 15.9 Å². The Morgan fingerprint density at radius 2 is 1.59 bits per heavy atom. The highest BCUT2D eigenvalue weighted by Crippen LogP contribution is 2.19. The number of hydrogen-bond acceptors (Lipinski definition) is 4. The number of sulfonamides is 1. The lowest BCUT2D eigenvalue weighted by atomic mass is 10.1. The quantitative estimate of drug-likeness (QED) is 0.615. The van der Waals surface area contributed by atoms with E-state index in [2.05, 4.69) is 5.32 Å². The molecule has 1 N–H and O–H groups in total. The molecule has 0 saturated heterocycles. The van der Waals surface area contributed by atoms with Gasteiger partial charge in [0.1, 0.15) is 5.76 Å². The van der Waals surface area contributed by atoms with Gasteiger partial charge in [0, 0.05) is 6.54 Å². The van der Waals surface area contributed by atoms with Gasteiger partial charge in [-0.05, 0) is 43.7 Å². The molecule has 0 atom stereocenters. The molecule has 0 aliphatic rings. The van der Waals surface area contributed by atoms with Crippen LogP contribution in [0.3, 0.4) is 0 Å². The van der Waals surface area contributed by atoms with Crippen molar-refractivity contribution < 1.29 is 17.6 Å². The second kappa shape index (κ2) is 9.07. The summed E-state index contributed by atoms with van der Waals surface area (Å²) in [6.07, 6.45) is 1.48. The number of carbonyl (C=O) groups excluding carboxylic acids is 1. The lowest BCUT2D eigenvalue weighted by molar-refractivity contribution is -0.121. The minimum absolute atomic E-state index is 0.0266. The number of hydrogen-bond donors (Lipinski definition) is 1. The summed E-state index contributed by atoms with van der Waals surface area (Å²) in [5.74, 6) is 0.0832. The minimum Gasteiger partial charge on any atom is -0.468 e. The van der Waals surface area contributed by atoms with Gasteiger partial charge in [0.05, 0.1) is 24.2 Å². The molecular formula is C22H24N2O4S. The number of furan rings is 1. The standard InChI is InChI=1S/C22H24N2O4S/c1-17-5-9-19(10-6-17)14-23-22(25)16-24(15-20-4-3-13-28-20)29(26,27)21-11-7-18(2)8-12-21/h3-13H,14-16H2,1-2H3,(H,23,25). The Balaban J connectivity index is 1.75. The summed E-state index contributed by atoms with van der Waals surface area (Å²) in [5, 5.41) is 2.79. The molecule has 152 valence electrons. The second-order valence-corrected chi connectivity index (χ2v) is 8.87. The van der Waals surface area contributed by atoms with Crippen molar-refractivity contribution in [3.05, 3.63) is 89.4 Å². The van der Waals surface area contributed by atoms with E-state index >= 15 is 0 Å². The molecule has 0 bridgehead atoms. The first kappa shape index (κ1) is 20.8. The van der Waals surface area contributed by atoms with Crippen LogP contribution in [0.2, 0.25) is 0 Å². The van der Waals surface area contributed by atoms with Crippen LogP contribution >= 0.6 is 0 Å². The van der Waals surface area contributed by atoms with Crippen LogP contribution in [0.25, 0.3) is 0 Å². The van der Waals surface area contributed by atoms with Gasteiger partial charge in [-0.15, -0.1) is 0 Å². The molecular weight excluding hydrogens is 388 g/mol. The molecule has 0 spiro atoms. The Hall–Kier alpha value is -2.90. The van der Waals surface area contributed by atoms with E-state index in [1.807, 2.05) is 38.1 Å². The third kappa shape index (κ3) is 5.56. The van der Waals surface area contributed by atoms with E-state index < -0.39 is 10.0 Å². The van der Waals surface area contributed by atoms with Crippen LogP contribution in [0.1, 0.15) is 22.5 Å². The summed E-state index contributed by atoms with van der Waals surface area (Å²) in [4.78, 5) is 12.6. The van der Waals surface area contributed by atoms with E-state index in [9.17, 15) is 13.2 Å². The number of nitrogens with zero attached hydrogens (tertiary/aromatic N) is 1. The molecule has 1 heterocycles. The van der Waals surface area contributed by atoms with Crippen molar-refractivity contribution in [2.45, 2.75) is 31.8 Å². The first-order valence-corrected chi connectivity index (χ1v) is 10.7. The zero-order valence-electron chi connectivity index (χ0n) is 16.5. The highest BCUT2D eigenvalue weighted by Gasteiger charge is 2.27. The molecule has 0 aliphatic heterocycles. The van der Waals surface area contributed by atoms with Gasteiger partial charge in [-0.2, -0.15) is 4.31 Å². The number of amides is 1. The summed E-state index contributed by atoms with van der Waals surface area (Å²) in [5.41, 5.74) is 3.04. The van der Waals surface area contributed by atoms with Crippen molar-refractivity contribution in [3.8, 4) is 0 Å². The van der Waals surface area contributed by atoms with Crippen LogP contribution < -0.4 is 5.32 Å². The van der Waals surface area contributed by atoms with Gasteiger partial charge in [0.25, 0.3) is 0 Å². The van der Waals surface area contributed by atoms with Gasteiger partial charge in [-0.3, -0.25) is 4.79 Å². The summed E-state index contributed by atoms with van der Waals surface area (Å²) in [6, 6.07) is 17.7. The van der Waals surface area contributed by atoms with E-state index in [1.54, 1.807) is 36.4 Å².